The maximum atomic E-state index is 13.0. The van der Waals surface area contributed by atoms with E-state index in [0.29, 0.717) is 5.92 Å². The molecule has 1 aromatic carbocycles. The topological polar surface area (TPSA) is 34.5 Å². The van der Waals surface area contributed by atoms with Gasteiger partial charge >= 0.3 is 0 Å². The van der Waals surface area contributed by atoms with Crippen LogP contribution in [0.5, 0.6) is 5.75 Å². The molecule has 1 aromatic heterocycles. The molecular weight excluding hydrogens is 312 g/mol. The first kappa shape index (κ1) is 17.6. The van der Waals surface area contributed by atoms with Gasteiger partial charge in [-0.15, -0.1) is 0 Å². The highest BCUT2D eigenvalue weighted by Gasteiger charge is 2.31. The van der Waals surface area contributed by atoms with E-state index in [9.17, 15) is 4.79 Å². The van der Waals surface area contributed by atoms with Crippen molar-refractivity contribution in [2.75, 3.05) is 6.54 Å². The van der Waals surface area contributed by atoms with Crippen molar-refractivity contribution in [3.63, 3.8) is 0 Å². The summed E-state index contributed by atoms with van der Waals surface area (Å²) in [5.41, 5.74) is 3.47. The van der Waals surface area contributed by atoms with Crippen LogP contribution < -0.4 is 4.74 Å². The summed E-state index contributed by atoms with van der Waals surface area (Å²) < 4.78 is 8.29. The zero-order valence-electron chi connectivity index (χ0n) is 15.8. The van der Waals surface area contributed by atoms with Gasteiger partial charge in [0, 0.05) is 25.0 Å². The van der Waals surface area contributed by atoms with Crippen LogP contribution in [-0.2, 0) is 11.3 Å². The normalized spacial score (nSPS) is 18.2. The Morgan fingerprint density at radius 2 is 1.96 bits per heavy atom. The Balaban J connectivity index is 1.75. The first-order valence-electron chi connectivity index (χ1n) is 9.11. The molecule has 0 spiro atoms. The summed E-state index contributed by atoms with van der Waals surface area (Å²) in [6.07, 6.45) is 1.58. The van der Waals surface area contributed by atoms with Gasteiger partial charge in [-0.25, -0.2) is 0 Å². The smallest absolute Gasteiger partial charge is 0.263 e. The standard InChI is InChI=1S/C21H28N2O2/c1-14(2)18-9-8-15(3)20(13-18)25-17(5)21(24)23-12-11-22-10-6-7-19(22)16(23)4/h6-10,13-14,16-17H,11-12H2,1-5H3. The van der Waals surface area contributed by atoms with Crippen LogP contribution in [0.3, 0.4) is 0 Å². The van der Waals surface area contributed by atoms with Crippen molar-refractivity contribution >= 4 is 5.91 Å². The highest BCUT2D eigenvalue weighted by molar-refractivity contribution is 5.81. The maximum absolute atomic E-state index is 13.0. The first-order valence-corrected chi connectivity index (χ1v) is 9.11. The Morgan fingerprint density at radius 1 is 1.20 bits per heavy atom. The Morgan fingerprint density at radius 3 is 2.68 bits per heavy atom. The SMILES string of the molecule is Cc1ccc(C(C)C)cc1OC(C)C(=O)N1CCn2cccc2C1C. The lowest BCUT2D eigenvalue weighted by atomic mass is 10.0. The van der Waals surface area contributed by atoms with Gasteiger partial charge in [0.2, 0.25) is 0 Å². The van der Waals surface area contributed by atoms with E-state index < -0.39 is 6.10 Å². The van der Waals surface area contributed by atoms with E-state index in [2.05, 4.69) is 55.8 Å². The van der Waals surface area contributed by atoms with Gasteiger partial charge in [0.15, 0.2) is 6.10 Å². The lowest BCUT2D eigenvalue weighted by molar-refractivity contribution is -0.141. The Hall–Kier alpha value is -2.23. The predicted octanol–water partition coefficient (Wildman–Crippen LogP) is 4.29. The lowest BCUT2D eigenvalue weighted by Crippen LogP contribution is -2.46. The third kappa shape index (κ3) is 3.44. The van der Waals surface area contributed by atoms with Gasteiger partial charge in [-0.2, -0.15) is 0 Å². The molecule has 4 nitrogen and oxygen atoms in total. The third-order valence-corrected chi connectivity index (χ3v) is 5.16. The molecule has 25 heavy (non-hydrogen) atoms. The van der Waals surface area contributed by atoms with E-state index in [1.807, 2.05) is 24.8 Å². The minimum atomic E-state index is -0.495. The van der Waals surface area contributed by atoms with Gasteiger partial charge in [-0.05, 0) is 56.0 Å². The van der Waals surface area contributed by atoms with Gasteiger partial charge < -0.3 is 14.2 Å². The summed E-state index contributed by atoms with van der Waals surface area (Å²) in [7, 11) is 0. The van der Waals surface area contributed by atoms with Crippen LogP contribution in [0.2, 0.25) is 0 Å². The summed E-state index contributed by atoms with van der Waals surface area (Å²) in [5.74, 6) is 1.29. The number of carbonyl (C=O) groups excluding carboxylic acids is 1. The monoisotopic (exact) mass is 340 g/mol. The van der Waals surface area contributed by atoms with Crippen LogP contribution in [0.25, 0.3) is 0 Å². The van der Waals surface area contributed by atoms with Crippen LogP contribution in [0, 0.1) is 6.92 Å². The molecule has 3 rings (SSSR count). The summed E-state index contributed by atoms with van der Waals surface area (Å²) >= 11 is 0. The fraction of sp³-hybridized carbons (Fsp3) is 0.476. The number of ether oxygens (including phenoxy) is 1. The van der Waals surface area contributed by atoms with E-state index >= 15 is 0 Å². The molecule has 2 aromatic rings. The number of aromatic nitrogens is 1. The highest BCUT2D eigenvalue weighted by atomic mass is 16.5. The van der Waals surface area contributed by atoms with E-state index in [4.69, 9.17) is 4.74 Å². The zero-order valence-corrected chi connectivity index (χ0v) is 15.8. The van der Waals surface area contributed by atoms with Crippen molar-refractivity contribution in [2.24, 2.45) is 0 Å². The van der Waals surface area contributed by atoms with Crippen molar-refractivity contribution < 1.29 is 9.53 Å². The molecule has 4 heteroatoms. The number of nitrogens with zero attached hydrogens (tertiary/aromatic N) is 2. The molecule has 0 bridgehead atoms. The summed E-state index contributed by atoms with van der Waals surface area (Å²) in [6.45, 7) is 11.8. The Labute approximate surface area is 150 Å². The second-order valence-electron chi connectivity index (χ2n) is 7.27. The molecule has 0 saturated heterocycles. The number of hydrogen-bond acceptors (Lipinski definition) is 2. The number of hydrogen-bond donors (Lipinski definition) is 0. The maximum Gasteiger partial charge on any atom is 0.263 e. The number of rotatable bonds is 4. The minimum absolute atomic E-state index is 0.0503. The molecule has 1 aliphatic rings. The molecular formula is C21H28N2O2. The highest BCUT2D eigenvalue weighted by Crippen LogP contribution is 2.28. The van der Waals surface area contributed by atoms with Gasteiger partial charge in [-0.3, -0.25) is 4.79 Å². The average molecular weight is 340 g/mol. The minimum Gasteiger partial charge on any atom is -0.481 e. The van der Waals surface area contributed by atoms with E-state index in [0.717, 1.165) is 24.4 Å². The van der Waals surface area contributed by atoms with Crippen LogP contribution >= 0.6 is 0 Å². The number of aryl methyl sites for hydroxylation is 1. The second-order valence-corrected chi connectivity index (χ2v) is 7.27. The average Bonchev–Trinajstić information content (AvgIpc) is 3.06. The van der Waals surface area contributed by atoms with Crippen molar-refractivity contribution in [3.05, 3.63) is 53.3 Å². The fourth-order valence-corrected chi connectivity index (χ4v) is 3.46. The molecule has 0 radical (unpaired) electrons. The lowest BCUT2D eigenvalue weighted by Gasteiger charge is -2.36. The van der Waals surface area contributed by atoms with E-state index in [1.54, 1.807) is 0 Å². The molecule has 2 atom stereocenters. The number of carbonyl (C=O) groups is 1. The predicted molar refractivity (Wildman–Crippen MR) is 99.9 cm³/mol. The number of amides is 1. The quantitative estimate of drug-likeness (QED) is 0.832. The Bertz CT molecular complexity index is 763. The summed E-state index contributed by atoms with van der Waals surface area (Å²) in [6, 6.07) is 10.5. The molecule has 0 saturated carbocycles. The Kier molecular flexibility index (Phi) is 4.89. The third-order valence-electron chi connectivity index (χ3n) is 5.16. The summed E-state index contributed by atoms with van der Waals surface area (Å²) in [5, 5.41) is 0. The van der Waals surface area contributed by atoms with Crippen LogP contribution in [0.15, 0.2) is 36.5 Å². The molecule has 2 heterocycles. The van der Waals surface area contributed by atoms with Gasteiger partial charge in [0.05, 0.1) is 6.04 Å². The first-order chi connectivity index (χ1) is 11.9. The fourth-order valence-electron chi connectivity index (χ4n) is 3.46. The molecule has 2 unspecified atom stereocenters. The van der Waals surface area contributed by atoms with Gasteiger partial charge in [0.25, 0.3) is 5.91 Å². The molecule has 1 amide bonds. The van der Waals surface area contributed by atoms with E-state index in [-0.39, 0.29) is 11.9 Å². The number of benzene rings is 1. The second kappa shape index (κ2) is 6.95. The van der Waals surface area contributed by atoms with E-state index in [1.165, 1.54) is 11.3 Å². The summed E-state index contributed by atoms with van der Waals surface area (Å²) in [4.78, 5) is 14.9. The van der Waals surface area contributed by atoms with Crippen LogP contribution in [0.1, 0.15) is 56.5 Å². The van der Waals surface area contributed by atoms with Gasteiger partial charge in [-0.1, -0.05) is 26.0 Å². The largest absolute Gasteiger partial charge is 0.481 e. The van der Waals surface area contributed by atoms with Crippen molar-refractivity contribution in [1.82, 2.24) is 9.47 Å². The molecule has 1 aliphatic heterocycles. The van der Waals surface area contributed by atoms with Crippen LogP contribution in [-0.4, -0.2) is 28.0 Å². The zero-order chi connectivity index (χ0) is 18.1. The molecule has 0 N–H and O–H groups in total. The number of fused-ring (bicyclic) bond motifs is 1. The van der Waals surface area contributed by atoms with Crippen molar-refractivity contribution in [1.29, 1.82) is 0 Å². The van der Waals surface area contributed by atoms with Gasteiger partial charge in [0.1, 0.15) is 5.75 Å². The van der Waals surface area contributed by atoms with Crippen LogP contribution in [0.4, 0.5) is 0 Å². The molecule has 134 valence electrons. The van der Waals surface area contributed by atoms with Crippen molar-refractivity contribution in [2.45, 2.75) is 59.2 Å². The molecule has 0 aliphatic carbocycles. The molecule has 0 fully saturated rings. The van der Waals surface area contributed by atoms with Crippen molar-refractivity contribution in [3.8, 4) is 5.75 Å².